The van der Waals surface area contributed by atoms with Gasteiger partial charge in [0, 0.05) is 32.3 Å². The van der Waals surface area contributed by atoms with Crippen molar-refractivity contribution in [1.29, 1.82) is 0 Å². The van der Waals surface area contributed by atoms with Crippen LogP contribution in [-0.2, 0) is 19.0 Å². The molecule has 1 fully saturated rings. The van der Waals surface area contributed by atoms with Gasteiger partial charge in [0.1, 0.15) is 5.60 Å². The Morgan fingerprint density at radius 3 is 2.39 bits per heavy atom. The van der Waals surface area contributed by atoms with E-state index in [1.54, 1.807) is 0 Å². The van der Waals surface area contributed by atoms with E-state index in [9.17, 15) is 20.1 Å². The maximum absolute atomic E-state index is 11.5. The molecule has 0 spiro atoms. The van der Waals surface area contributed by atoms with Crippen molar-refractivity contribution >= 4 is 5.97 Å². The zero-order valence-corrected chi connectivity index (χ0v) is 14.2. The number of carbonyl (C=O) groups is 1. The molecule has 0 aliphatic carbocycles. The Balaban J connectivity index is 2.76. The van der Waals surface area contributed by atoms with Crippen molar-refractivity contribution in [3.05, 3.63) is 0 Å². The summed E-state index contributed by atoms with van der Waals surface area (Å²) in [5, 5.41) is 30.5. The number of hydrogen-bond acceptors (Lipinski definition) is 6. The molecule has 0 radical (unpaired) electrons. The van der Waals surface area contributed by atoms with Crippen LogP contribution in [0.1, 0.15) is 40.0 Å². The largest absolute Gasteiger partial charge is 0.479 e. The first-order valence-corrected chi connectivity index (χ1v) is 8.30. The first-order chi connectivity index (χ1) is 10.9. The maximum atomic E-state index is 11.5. The quantitative estimate of drug-likeness (QED) is 0.508. The molecular weight excluding hydrogens is 304 g/mol. The Morgan fingerprint density at radius 1 is 1.17 bits per heavy atom. The summed E-state index contributed by atoms with van der Waals surface area (Å²) in [7, 11) is 0. The van der Waals surface area contributed by atoms with Crippen molar-refractivity contribution in [2.24, 2.45) is 5.92 Å². The Hall–Kier alpha value is -0.730. The van der Waals surface area contributed by atoms with Gasteiger partial charge in [-0.3, -0.25) is 0 Å². The van der Waals surface area contributed by atoms with Gasteiger partial charge in [-0.2, -0.15) is 0 Å². The molecule has 1 aliphatic heterocycles. The molecule has 136 valence electrons. The topological polar surface area (TPSA) is 105 Å². The van der Waals surface area contributed by atoms with E-state index in [1.165, 1.54) is 6.92 Å². The summed E-state index contributed by atoms with van der Waals surface area (Å²) in [4.78, 5) is 11.5. The lowest BCUT2D eigenvalue weighted by Gasteiger charge is -2.47. The van der Waals surface area contributed by atoms with E-state index in [2.05, 4.69) is 0 Å². The molecule has 0 amide bonds. The monoisotopic (exact) mass is 334 g/mol. The molecule has 5 atom stereocenters. The van der Waals surface area contributed by atoms with Crippen molar-refractivity contribution in [1.82, 2.24) is 0 Å². The van der Waals surface area contributed by atoms with Crippen molar-refractivity contribution in [2.75, 3.05) is 26.4 Å². The van der Waals surface area contributed by atoms with Crippen LogP contribution in [0.2, 0.25) is 0 Å². The highest BCUT2D eigenvalue weighted by molar-refractivity contribution is 5.73. The maximum Gasteiger partial charge on any atom is 0.333 e. The highest BCUT2D eigenvalue weighted by atomic mass is 16.5. The number of aliphatic carboxylic acids is 1. The van der Waals surface area contributed by atoms with Crippen LogP contribution < -0.4 is 0 Å². The predicted octanol–water partition coefficient (Wildman–Crippen LogP) is 0.810. The lowest BCUT2D eigenvalue weighted by Crippen LogP contribution is -2.63. The van der Waals surface area contributed by atoms with Crippen LogP contribution in [0, 0.1) is 5.92 Å². The Morgan fingerprint density at radius 2 is 1.83 bits per heavy atom. The highest BCUT2D eigenvalue weighted by Crippen LogP contribution is 2.37. The number of aliphatic hydroxyl groups is 2. The summed E-state index contributed by atoms with van der Waals surface area (Å²) < 4.78 is 16.2. The van der Waals surface area contributed by atoms with Gasteiger partial charge in [0.05, 0.1) is 12.2 Å². The molecule has 3 N–H and O–H groups in total. The smallest absolute Gasteiger partial charge is 0.333 e. The van der Waals surface area contributed by atoms with Crippen molar-refractivity contribution in [3.8, 4) is 0 Å². The summed E-state index contributed by atoms with van der Waals surface area (Å²) in [6, 6.07) is 0. The van der Waals surface area contributed by atoms with E-state index in [0.29, 0.717) is 39.3 Å². The second-order valence-corrected chi connectivity index (χ2v) is 6.10. The molecule has 0 aromatic heterocycles. The fraction of sp³-hybridized carbons (Fsp3) is 0.938. The first kappa shape index (κ1) is 20.3. The summed E-state index contributed by atoms with van der Waals surface area (Å²) in [5.74, 6) is -1.86. The molecule has 5 unspecified atom stereocenters. The molecule has 0 aromatic carbocycles. The third-order valence-corrected chi connectivity index (χ3v) is 4.27. The normalized spacial score (nSPS) is 34.5. The number of aliphatic hydroxyl groups excluding tert-OH is 1. The van der Waals surface area contributed by atoms with Gasteiger partial charge in [-0.1, -0.05) is 6.92 Å². The van der Waals surface area contributed by atoms with E-state index in [-0.39, 0.29) is 0 Å². The van der Waals surface area contributed by atoms with Gasteiger partial charge in [-0.15, -0.1) is 0 Å². The van der Waals surface area contributed by atoms with Gasteiger partial charge in [-0.25, -0.2) is 4.79 Å². The average Bonchev–Trinajstić information content (AvgIpc) is 2.49. The Bertz CT molecular complexity index is 354. The average molecular weight is 334 g/mol. The summed E-state index contributed by atoms with van der Waals surface area (Å²) >= 11 is 0. The molecule has 7 heteroatoms. The highest BCUT2D eigenvalue weighted by Gasteiger charge is 2.53. The predicted molar refractivity (Wildman–Crippen MR) is 83.3 cm³/mol. The molecule has 23 heavy (non-hydrogen) atoms. The lowest BCUT2D eigenvalue weighted by atomic mass is 9.76. The van der Waals surface area contributed by atoms with Crippen LogP contribution in [0.25, 0.3) is 0 Å². The third-order valence-electron chi connectivity index (χ3n) is 4.27. The number of ether oxygens (including phenoxy) is 3. The van der Waals surface area contributed by atoms with Crippen molar-refractivity contribution in [3.63, 3.8) is 0 Å². The first-order valence-electron chi connectivity index (χ1n) is 8.30. The summed E-state index contributed by atoms with van der Waals surface area (Å²) in [6.07, 6.45) is -1.65. The molecular formula is C16H30O7. The van der Waals surface area contributed by atoms with Crippen LogP contribution in [-0.4, -0.2) is 71.6 Å². The van der Waals surface area contributed by atoms with Gasteiger partial charge >= 0.3 is 5.97 Å². The number of carboxylic acids is 1. The Kier molecular flexibility index (Phi) is 8.42. The van der Waals surface area contributed by atoms with Gasteiger partial charge in [0.2, 0.25) is 0 Å². The number of carboxylic acid groups (broad SMARTS) is 1. The molecule has 1 saturated heterocycles. The SMILES string of the molecule is CCCOCCC1OC(C(=O)O)C(CCOCC)C(O)C1(C)O. The zero-order chi connectivity index (χ0) is 17.5. The van der Waals surface area contributed by atoms with Gasteiger partial charge in [0.25, 0.3) is 0 Å². The molecule has 1 heterocycles. The molecule has 0 bridgehead atoms. The van der Waals surface area contributed by atoms with Crippen molar-refractivity contribution < 1.29 is 34.3 Å². The van der Waals surface area contributed by atoms with E-state index in [0.717, 1.165) is 6.42 Å². The summed E-state index contributed by atoms with van der Waals surface area (Å²) in [6.45, 7) is 7.06. The molecule has 1 aliphatic rings. The lowest BCUT2D eigenvalue weighted by molar-refractivity contribution is -0.253. The fourth-order valence-electron chi connectivity index (χ4n) is 2.92. The zero-order valence-electron chi connectivity index (χ0n) is 14.2. The van der Waals surface area contributed by atoms with Gasteiger partial charge < -0.3 is 29.5 Å². The van der Waals surface area contributed by atoms with Gasteiger partial charge in [0.15, 0.2) is 6.10 Å². The van der Waals surface area contributed by atoms with Crippen molar-refractivity contribution in [2.45, 2.75) is 63.9 Å². The fourth-order valence-corrected chi connectivity index (χ4v) is 2.92. The van der Waals surface area contributed by atoms with E-state index >= 15 is 0 Å². The number of rotatable bonds is 10. The van der Waals surface area contributed by atoms with Crippen LogP contribution in [0.15, 0.2) is 0 Å². The third kappa shape index (κ3) is 5.39. The van der Waals surface area contributed by atoms with E-state index in [1.807, 2.05) is 13.8 Å². The molecule has 0 saturated carbocycles. The second kappa shape index (κ2) is 9.54. The Labute approximate surface area is 137 Å². The van der Waals surface area contributed by atoms with Crippen LogP contribution in [0.4, 0.5) is 0 Å². The van der Waals surface area contributed by atoms with Gasteiger partial charge in [-0.05, 0) is 33.1 Å². The summed E-state index contributed by atoms with van der Waals surface area (Å²) in [5.41, 5.74) is -1.53. The molecule has 7 nitrogen and oxygen atoms in total. The minimum Gasteiger partial charge on any atom is -0.479 e. The van der Waals surface area contributed by atoms with Crippen LogP contribution in [0.3, 0.4) is 0 Å². The van der Waals surface area contributed by atoms with E-state index in [4.69, 9.17) is 14.2 Å². The second-order valence-electron chi connectivity index (χ2n) is 6.10. The molecule has 0 aromatic rings. The number of hydrogen-bond donors (Lipinski definition) is 3. The minimum absolute atomic E-state index is 0.307. The standard InChI is InChI=1S/C16H30O7/c1-4-8-22-10-7-12-16(3,20)14(17)11(6-9-21-5-2)13(23-12)15(18)19/h11-14,17,20H,4-10H2,1-3H3,(H,18,19). The van der Waals surface area contributed by atoms with Crippen LogP contribution in [0.5, 0.6) is 0 Å². The minimum atomic E-state index is -1.53. The molecule has 1 rings (SSSR count). The van der Waals surface area contributed by atoms with Crippen LogP contribution >= 0.6 is 0 Å². The van der Waals surface area contributed by atoms with E-state index < -0.39 is 35.8 Å².